The summed E-state index contributed by atoms with van der Waals surface area (Å²) in [6.45, 7) is 8.44. The normalized spacial score (nSPS) is 25.5. The Balaban J connectivity index is 2.94. The zero-order valence-electron chi connectivity index (χ0n) is 14.7. The predicted octanol–water partition coefficient (Wildman–Crippen LogP) is 3.98. The van der Waals surface area contributed by atoms with E-state index in [1.807, 2.05) is 6.08 Å². The summed E-state index contributed by atoms with van der Waals surface area (Å²) in [6, 6.07) is 0. The van der Waals surface area contributed by atoms with Gasteiger partial charge in [-0.3, -0.25) is 4.79 Å². The van der Waals surface area contributed by atoms with Crippen LogP contribution in [0.25, 0.3) is 0 Å². The number of esters is 2. The summed E-state index contributed by atoms with van der Waals surface area (Å²) in [5.74, 6) is -0.122. The zero-order chi connectivity index (χ0) is 17.5. The van der Waals surface area contributed by atoms with Gasteiger partial charge in [0.1, 0.15) is 0 Å². The summed E-state index contributed by atoms with van der Waals surface area (Å²) in [4.78, 5) is 23.3. The Labute approximate surface area is 139 Å². The first kappa shape index (κ1) is 19.2. The van der Waals surface area contributed by atoms with Crippen molar-refractivity contribution in [1.29, 1.82) is 0 Å². The standard InChI is InChI=1S/C19H28O4/c1-14-9-10-15(2)19(3,13-11-17(20)22-4)12-7-6-8-16(14)18(21)23-5/h6-8,15H,1,9-13H2,2-5H3. The SMILES string of the molecule is C=C1CCC(C)C(C)(CCC(=O)OC)CC=CC=C1C(=O)OC. The highest BCUT2D eigenvalue weighted by molar-refractivity contribution is 5.93. The second-order valence-electron chi connectivity index (χ2n) is 6.48. The molecule has 1 aliphatic carbocycles. The number of hydrogen-bond acceptors (Lipinski definition) is 4. The third kappa shape index (κ3) is 5.38. The van der Waals surface area contributed by atoms with Gasteiger partial charge in [0, 0.05) is 6.42 Å². The van der Waals surface area contributed by atoms with E-state index in [9.17, 15) is 9.59 Å². The number of carbonyl (C=O) groups is 2. The Hall–Kier alpha value is -1.84. The lowest BCUT2D eigenvalue weighted by molar-refractivity contribution is -0.141. The molecule has 0 fully saturated rings. The molecule has 0 saturated carbocycles. The topological polar surface area (TPSA) is 52.6 Å². The van der Waals surface area contributed by atoms with Crippen molar-refractivity contribution in [2.75, 3.05) is 14.2 Å². The van der Waals surface area contributed by atoms with E-state index in [0.717, 1.165) is 31.3 Å². The summed E-state index contributed by atoms with van der Waals surface area (Å²) in [5.41, 5.74) is 1.35. The fourth-order valence-electron chi connectivity index (χ4n) is 2.85. The quantitative estimate of drug-likeness (QED) is 0.735. The Morgan fingerprint density at radius 3 is 2.65 bits per heavy atom. The van der Waals surface area contributed by atoms with E-state index in [0.29, 0.717) is 17.9 Å². The lowest BCUT2D eigenvalue weighted by Crippen LogP contribution is -2.27. The number of rotatable bonds is 4. The van der Waals surface area contributed by atoms with Crippen molar-refractivity contribution in [3.8, 4) is 0 Å². The Morgan fingerprint density at radius 2 is 2.04 bits per heavy atom. The van der Waals surface area contributed by atoms with E-state index < -0.39 is 0 Å². The van der Waals surface area contributed by atoms with Crippen LogP contribution in [0.5, 0.6) is 0 Å². The number of methoxy groups -OCH3 is 2. The Bertz CT molecular complexity index is 515. The monoisotopic (exact) mass is 320 g/mol. The van der Waals surface area contributed by atoms with Crippen LogP contribution in [-0.2, 0) is 19.1 Å². The largest absolute Gasteiger partial charge is 0.469 e. The minimum atomic E-state index is -0.346. The van der Waals surface area contributed by atoms with Crippen LogP contribution in [0.1, 0.15) is 46.0 Å². The minimum absolute atomic E-state index is 0.0155. The molecule has 4 nitrogen and oxygen atoms in total. The summed E-state index contributed by atoms with van der Waals surface area (Å²) in [7, 11) is 2.80. The predicted molar refractivity (Wildman–Crippen MR) is 90.8 cm³/mol. The molecule has 128 valence electrons. The van der Waals surface area contributed by atoms with Crippen molar-refractivity contribution < 1.29 is 19.1 Å². The van der Waals surface area contributed by atoms with Crippen LogP contribution >= 0.6 is 0 Å². The fraction of sp³-hybridized carbons (Fsp3) is 0.579. The molecule has 2 unspecified atom stereocenters. The maximum absolute atomic E-state index is 11.8. The van der Waals surface area contributed by atoms with Crippen LogP contribution < -0.4 is 0 Å². The third-order valence-electron chi connectivity index (χ3n) is 4.97. The molecule has 0 radical (unpaired) electrons. The van der Waals surface area contributed by atoms with Gasteiger partial charge < -0.3 is 9.47 Å². The molecule has 0 aromatic heterocycles. The molecule has 4 heteroatoms. The second kappa shape index (κ2) is 8.70. The van der Waals surface area contributed by atoms with E-state index in [2.05, 4.69) is 26.5 Å². The average Bonchev–Trinajstić information content (AvgIpc) is 2.55. The lowest BCUT2D eigenvalue weighted by atomic mass is 9.69. The van der Waals surface area contributed by atoms with Gasteiger partial charge in [-0.2, -0.15) is 0 Å². The minimum Gasteiger partial charge on any atom is -0.469 e. The molecule has 23 heavy (non-hydrogen) atoms. The molecule has 0 aliphatic heterocycles. The molecule has 0 spiro atoms. The lowest BCUT2D eigenvalue weighted by Gasteiger charge is -2.35. The van der Waals surface area contributed by atoms with Gasteiger partial charge >= 0.3 is 11.9 Å². The van der Waals surface area contributed by atoms with E-state index in [4.69, 9.17) is 9.47 Å². The molecular weight excluding hydrogens is 292 g/mol. The van der Waals surface area contributed by atoms with Crippen molar-refractivity contribution in [3.05, 3.63) is 36.0 Å². The first-order valence-electron chi connectivity index (χ1n) is 8.04. The van der Waals surface area contributed by atoms with Crippen molar-refractivity contribution in [2.45, 2.75) is 46.0 Å². The number of carbonyl (C=O) groups excluding carboxylic acids is 2. The highest BCUT2D eigenvalue weighted by Gasteiger charge is 2.31. The maximum atomic E-state index is 11.8. The van der Waals surface area contributed by atoms with Gasteiger partial charge in [0.25, 0.3) is 0 Å². The van der Waals surface area contributed by atoms with E-state index in [-0.39, 0.29) is 17.4 Å². The van der Waals surface area contributed by atoms with Crippen LogP contribution in [0.3, 0.4) is 0 Å². The average molecular weight is 320 g/mol. The molecule has 2 atom stereocenters. The molecule has 0 aromatic rings. The molecule has 0 amide bonds. The molecule has 1 aliphatic rings. The van der Waals surface area contributed by atoms with Crippen LogP contribution in [0, 0.1) is 11.3 Å². The van der Waals surface area contributed by atoms with Crippen LogP contribution in [0.15, 0.2) is 36.0 Å². The van der Waals surface area contributed by atoms with Crippen molar-refractivity contribution in [2.24, 2.45) is 11.3 Å². The van der Waals surface area contributed by atoms with Crippen molar-refractivity contribution in [1.82, 2.24) is 0 Å². The van der Waals surface area contributed by atoms with Gasteiger partial charge in [0.2, 0.25) is 0 Å². The maximum Gasteiger partial charge on any atom is 0.338 e. The molecule has 1 rings (SSSR count). The van der Waals surface area contributed by atoms with E-state index >= 15 is 0 Å². The highest BCUT2D eigenvalue weighted by Crippen LogP contribution is 2.40. The zero-order valence-corrected chi connectivity index (χ0v) is 14.7. The van der Waals surface area contributed by atoms with Crippen LogP contribution in [-0.4, -0.2) is 26.2 Å². The molecule has 0 N–H and O–H groups in total. The Kier molecular flexibility index (Phi) is 7.27. The third-order valence-corrected chi connectivity index (χ3v) is 4.97. The van der Waals surface area contributed by atoms with E-state index in [1.54, 1.807) is 6.08 Å². The van der Waals surface area contributed by atoms with Crippen LogP contribution in [0.4, 0.5) is 0 Å². The van der Waals surface area contributed by atoms with Gasteiger partial charge in [0.15, 0.2) is 0 Å². The van der Waals surface area contributed by atoms with Crippen molar-refractivity contribution in [3.63, 3.8) is 0 Å². The Morgan fingerprint density at radius 1 is 1.35 bits per heavy atom. The van der Waals surface area contributed by atoms with Gasteiger partial charge in [-0.05, 0) is 48.7 Å². The summed E-state index contributed by atoms with van der Waals surface area (Å²) >= 11 is 0. The summed E-state index contributed by atoms with van der Waals surface area (Å²) in [5, 5.41) is 0. The van der Waals surface area contributed by atoms with Gasteiger partial charge in [-0.15, -0.1) is 0 Å². The number of ether oxygens (including phenoxy) is 2. The molecular formula is C19H28O4. The summed E-state index contributed by atoms with van der Waals surface area (Å²) < 4.78 is 9.58. The first-order chi connectivity index (χ1) is 10.8. The van der Waals surface area contributed by atoms with Crippen LogP contribution in [0.2, 0.25) is 0 Å². The molecule has 0 saturated heterocycles. The van der Waals surface area contributed by atoms with E-state index in [1.165, 1.54) is 14.2 Å². The fourth-order valence-corrected chi connectivity index (χ4v) is 2.85. The number of allylic oxidation sites excluding steroid dienone is 3. The molecule has 0 bridgehead atoms. The van der Waals surface area contributed by atoms with Crippen molar-refractivity contribution >= 4 is 11.9 Å². The highest BCUT2D eigenvalue weighted by atomic mass is 16.5. The molecule has 0 aromatic carbocycles. The van der Waals surface area contributed by atoms with Gasteiger partial charge in [0.05, 0.1) is 19.8 Å². The molecule has 0 heterocycles. The van der Waals surface area contributed by atoms with Gasteiger partial charge in [-0.1, -0.05) is 32.6 Å². The summed E-state index contributed by atoms with van der Waals surface area (Å²) in [6.07, 6.45) is 9.41. The number of hydrogen-bond donors (Lipinski definition) is 0. The second-order valence-corrected chi connectivity index (χ2v) is 6.48. The van der Waals surface area contributed by atoms with Gasteiger partial charge in [-0.25, -0.2) is 4.79 Å². The first-order valence-corrected chi connectivity index (χ1v) is 8.04. The smallest absolute Gasteiger partial charge is 0.338 e.